The van der Waals surface area contributed by atoms with E-state index in [4.69, 9.17) is 11.6 Å². The summed E-state index contributed by atoms with van der Waals surface area (Å²) in [6.07, 6.45) is 0.346. The van der Waals surface area contributed by atoms with Gasteiger partial charge in [0.25, 0.3) is 0 Å². The van der Waals surface area contributed by atoms with Crippen LogP contribution in [-0.4, -0.2) is 9.67 Å². The van der Waals surface area contributed by atoms with E-state index >= 15 is 0 Å². The third-order valence-corrected chi connectivity index (χ3v) is 4.24. The third-order valence-electron chi connectivity index (χ3n) is 3.83. The average molecular weight is 300 g/mol. The third kappa shape index (κ3) is 2.69. The number of nitrogens with zero attached hydrogens (tertiary/aromatic N) is 1. The molecule has 0 aliphatic rings. The van der Waals surface area contributed by atoms with Gasteiger partial charge in [-0.3, -0.25) is 0 Å². The number of hydrogen-bond acceptors (Lipinski definition) is 1. The quantitative estimate of drug-likeness (QED) is 0.749. The maximum absolute atomic E-state index is 10.0. The smallest absolute Gasteiger partial charge is 0.115 e. The van der Waals surface area contributed by atoms with Gasteiger partial charge in [-0.05, 0) is 25.0 Å². The topological polar surface area (TPSA) is 25.2 Å². The number of aliphatic hydroxyl groups excluding tert-OH is 1. The highest BCUT2D eigenvalue weighted by Crippen LogP contribution is 2.34. The SMILES string of the molecule is CC(O)c1c(Cl)n(CCc2ccccc2)c2ccccc12. The van der Waals surface area contributed by atoms with Crippen LogP contribution in [0.4, 0.5) is 0 Å². The van der Waals surface area contributed by atoms with Crippen LogP contribution in [0.25, 0.3) is 10.9 Å². The second kappa shape index (κ2) is 5.92. The molecule has 108 valence electrons. The molecule has 3 aromatic rings. The van der Waals surface area contributed by atoms with Crippen molar-refractivity contribution in [2.75, 3.05) is 0 Å². The molecule has 1 heterocycles. The molecule has 3 rings (SSSR count). The number of benzene rings is 2. The highest BCUT2D eigenvalue weighted by molar-refractivity contribution is 6.32. The highest BCUT2D eigenvalue weighted by Gasteiger charge is 2.18. The number of halogens is 1. The van der Waals surface area contributed by atoms with E-state index in [1.807, 2.05) is 36.4 Å². The molecule has 1 unspecified atom stereocenters. The molecule has 0 bridgehead atoms. The van der Waals surface area contributed by atoms with Gasteiger partial charge in [0.1, 0.15) is 5.15 Å². The van der Waals surface area contributed by atoms with Crippen LogP contribution in [-0.2, 0) is 13.0 Å². The second-order valence-corrected chi connectivity index (χ2v) is 5.64. The highest BCUT2D eigenvalue weighted by atomic mass is 35.5. The van der Waals surface area contributed by atoms with Crippen molar-refractivity contribution in [3.05, 3.63) is 70.9 Å². The first kappa shape index (κ1) is 14.2. The van der Waals surface area contributed by atoms with Crippen LogP contribution in [0, 0.1) is 0 Å². The number of aryl methyl sites for hydroxylation is 2. The lowest BCUT2D eigenvalue weighted by Crippen LogP contribution is -2.02. The standard InChI is InChI=1S/C18H18ClNO/c1-13(21)17-15-9-5-6-10-16(15)20(18(17)19)12-11-14-7-3-2-4-8-14/h2-10,13,21H,11-12H2,1H3. The lowest BCUT2D eigenvalue weighted by molar-refractivity contribution is 0.200. The first-order chi connectivity index (χ1) is 10.2. The molecule has 0 amide bonds. The van der Waals surface area contributed by atoms with Gasteiger partial charge < -0.3 is 9.67 Å². The van der Waals surface area contributed by atoms with Gasteiger partial charge in [0.05, 0.1) is 6.10 Å². The fraction of sp³-hybridized carbons (Fsp3) is 0.222. The Bertz CT molecular complexity index is 747. The van der Waals surface area contributed by atoms with Gasteiger partial charge in [-0.2, -0.15) is 0 Å². The van der Waals surface area contributed by atoms with Gasteiger partial charge in [0.2, 0.25) is 0 Å². The van der Waals surface area contributed by atoms with Gasteiger partial charge in [-0.15, -0.1) is 0 Å². The zero-order valence-electron chi connectivity index (χ0n) is 12.0. The van der Waals surface area contributed by atoms with Crippen LogP contribution in [0.3, 0.4) is 0 Å². The van der Waals surface area contributed by atoms with Crippen LogP contribution in [0.1, 0.15) is 24.2 Å². The van der Waals surface area contributed by atoms with E-state index in [0.717, 1.165) is 29.4 Å². The van der Waals surface area contributed by atoms with Crippen LogP contribution < -0.4 is 0 Å². The van der Waals surface area contributed by atoms with Crippen molar-refractivity contribution in [2.45, 2.75) is 26.0 Å². The Morgan fingerprint density at radius 1 is 1.05 bits per heavy atom. The lowest BCUT2D eigenvalue weighted by atomic mass is 10.1. The molecule has 2 aromatic carbocycles. The Kier molecular flexibility index (Phi) is 4.00. The van der Waals surface area contributed by atoms with Crippen molar-refractivity contribution in [2.24, 2.45) is 0 Å². The maximum atomic E-state index is 10.0. The number of fused-ring (bicyclic) bond motifs is 1. The van der Waals surface area contributed by atoms with Crippen molar-refractivity contribution in [1.82, 2.24) is 4.57 Å². The van der Waals surface area contributed by atoms with Crippen LogP contribution in [0.5, 0.6) is 0 Å². The fourth-order valence-electron chi connectivity index (χ4n) is 2.80. The first-order valence-corrected chi connectivity index (χ1v) is 7.55. The predicted molar refractivity (Wildman–Crippen MR) is 87.7 cm³/mol. The molecule has 1 aromatic heterocycles. The zero-order chi connectivity index (χ0) is 14.8. The summed E-state index contributed by atoms with van der Waals surface area (Å²) in [6.45, 7) is 2.56. The summed E-state index contributed by atoms with van der Waals surface area (Å²) in [4.78, 5) is 0. The number of aliphatic hydroxyl groups is 1. The summed E-state index contributed by atoms with van der Waals surface area (Å²) in [6, 6.07) is 18.4. The Balaban J connectivity index is 2.00. The zero-order valence-corrected chi connectivity index (χ0v) is 12.7. The molecule has 0 fully saturated rings. The van der Waals surface area contributed by atoms with Crippen LogP contribution in [0.15, 0.2) is 54.6 Å². The Morgan fingerprint density at radius 2 is 1.71 bits per heavy atom. The van der Waals surface area contributed by atoms with Crippen molar-refractivity contribution in [3.63, 3.8) is 0 Å². The van der Waals surface area contributed by atoms with E-state index in [-0.39, 0.29) is 0 Å². The van der Waals surface area contributed by atoms with E-state index in [0.29, 0.717) is 5.15 Å². The van der Waals surface area contributed by atoms with Crippen LogP contribution >= 0.6 is 11.6 Å². The summed E-state index contributed by atoms with van der Waals surface area (Å²) < 4.78 is 2.09. The fourth-order valence-corrected chi connectivity index (χ4v) is 3.24. The predicted octanol–water partition coefficient (Wildman–Crippen LogP) is 4.59. The number of rotatable bonds is 4. The average Bonchev–Trinajstić information content (AvgIpc) is 2.78. The number of aromatic nitrogens is 1. The van der Waals surface area contributed by atoms with Gasteiger partial charge >= 0.3 is 0 Å². The van der Waals surface area contributed by atoms with E-state index in [2.05, 4.69) is 22.8 Å². The Labute approximate surface area is 129 Å². The summed E-state index contributed by atoms with van der Waals surface area (Å²) >= 11 is 6.52. The molecule has 0 spiro atoms. The number of hydrogen-bond donors (Lipinski definition) is 1. The van der Waals surface area contributed by atoms with Gasteiger partial charge in [0.15, 0.2) is 0 Å². The summed E-state index contributed by atoms with van der Waals surface area (Å²) in [5.41, 5.74) is 3.18. The van der Waals surface area contributed by atoms with Gasteiger partial charge in [0, 0.05) is 23.0 Å². The Morgan fingerprint density at radius 3 is 2.43 bits per heavy atom. The minimum absolute atomic E-state index is 0.569. The molecule has 0 saturated heterocycles. The molecule has 0 radical (unpaired) electrons. The molecule has 1 N–H and O–H groups in total. The second-order valence-electron chi connectivity index (χ2n) is 5.28. The van der Waals surface area contributed by atoms with Crippen molar-refractivity contribution in [3.8, 4) is 0 Å². The molecular weight excluding hydrogens is 282 g/mol. The molecule has 0 aliphatic carbocycles. The van der Waals surface area contributed by atoms with Gasteiger partial charge in [-0.1, -0.05) is 60.1 Å². The minimum atomic E-state index is -0.569. The number of para-hydroxylation sites is 1. The van der Waals surface area contributed by atoms with Crippen LogP contribution in [0.2, 0.25) is 5.15 Å². The first-order valence-electron chi connectivity index (χ1n) is 7.17. The van der Waals surface area contributed by atoms with E-state index in [1.165, 1.54) is 5.56 Å². The van der Waals surface area contributed by atoms with Crippen molar-refractivity contribution < 1.29 is 5.11 Å². The minimum Gasteiger partial charge on any atom is -0.389 e. The molecule has 2 nitrogen and oxygen atoms in total. The van der Waals surface area contributed by atoms with Crippen molar-refractivity contribution in [1.29, 1.82) is 0 Å². The lowest BCUT2D eigenvalue weighted by Gasteiger charge is -2.08. The van der Waals surface area contributed by atoms with E-state index in [1.54, 1.807) is 6.92 Å². The van der Waals surface area contributed by atoms with Gasteiger partial charge in [-0.25, -0.2) is 0 Å². The molecular formula is C18H18ClNO. The molecule has 1 atom stereocenters. The summed E-state index contributed by atoms with van der Waals surface area (Å²) in [7, 11) is 0. The summed E-state index contributed by atoms with van der Waals surface area (Å²) in [5, 5.41) is 11.7. The Hall–Kier alpha value is -1.77. The summed E-state index contributed by atoms with van der Waals surface area (Å²) in [5.74, 6) is 0. The molecule has 0 saturated carbocycles. The van der Waals surface area contributed by atoms with Crippen molar-refractivity contribution >= 4 is 22.5 Å². The monoisotopic (exact) mass is 299 g/mol. The van der Waals surface area contributed by atoms with E-state index < -0.39 is 6.10 Å². The maximum Gasteiger partial charge on any atom is 0.115 e. The molecule has 3 heteroatoms. The molecule has 21 heavy (non-hydrogen) atoms. The molecule has 0 aliphatic heterocycles. The normalized spacial score (nSPS) is 12.7. The largest absolute Gasteiger partial charge is 0.389 e. The van der Waals surface area contributed by atoms with E-state index in [9.17, 15) is 5.11 Å².